The maximum atomic E-state index is 3.46. The number of nitrogens with zero attached hydrogens (tertiary/aromatic N) is 1. The molecule has 0 aliphatic heterocycles. The van der Waals surface area contributed by atoms with Crippen LogP contribution in [0.15, 0.2) is 127 Å². The number of anilines is 5. The number of hydrogen-bond acceptors (Lipinski definition) is 2. The van der Waals surface area contributed by atoms with Gasteiger partial charge in [0.15, 0.2) is 0 Å². The lowest BCUT2D eigenvalue weighted by atomic mass is 10.1. The minimum Gasteiger partial charge on any atom is -0.356 e. The summed E-state index contributed by atoms with van der Waals surface area (Å²) in [4.78, 5) is 2.29. The fraction of sp³-hybridized carbons (Fsp3) is 0. The predicted octanol–water partition coefficient (Wildman–Crippen LogP) is 8.05. The molecule has 0 spiro atoms. The van der Waals surface area contributed by atoms with Crippen molar-refractivity contribution in [3.63, 3.8) is 0 Å². The molecule has 1 N–H and O–H groups in total. The molecule has 0 saturated heterocycles. The van der Waals surface area contributed by atoms with Crippen LogP contribution in [0.25, 0.3) is 10.8 Å². The van der Waals surface area contributed by atoms with Crippen molar-refractivity contribution in [1.29, 1.82) is 0 Å². The summed E-state index contributed by atoms with van der Waals surface area (Å²) in [5, 5.41) is 5.94. The summed E-state index contributed by atoms with van der Waals surface area (Å²) < 4.78 is 0. The molecule has 5 aromatic carbocycles. The molecule has 0 bridgehead atoms. The van der Waals surface area contributed by atoms with Crippen LogP contribution < -0.4 is 10.2 Å². The zero-order chi connectivity index (χ0) is 20.2. The van der Waals surface area contributed by atoms with Crippen molar-refractivity contribution in [2.24, 2.45) is 0 Å². The largest absolute Gasteiger partial charge is 0.356 e. The highest BCUT2D eigenvalue weighted by atomic mass is 15.1. The maximum Gasteiger partial charge on any atom is 0.0468 e. The number of fused-ring (bicyclic) bond motifs is 1. The molecular formula is C28H22N2. The van der Waals surface area contributed by atoms with Gasteiger partial charge >= 0.3 is 0 Å². The molecule has 5 rings (SSSR count). The Bertz CT molecular complexity index is 1250. The lowest BCUT2D eigenvalue weighted by molar-refractivity contribution is 1.29. The highest BCUT2D eigenvalue weighted by molar-refractivity contribution is 5.89. The van der Waals surface area contributed by atoms with E-state index in [4.69, 9.17) is 0 Å². The molecule has 0 atom stereocenters. The van der Waals surface area contributed by atoms with Gasteiger partial charge in [0.2, 0.25) is 0 Å². The van der Waals surface area contributed by atoms with Gasteiger partial charge in [0.25, 0.3) is 0 Å². The summed E-state index contributed by atoms with van der Waals surface area (Å²) in [5.74, 6) is 0. The second-order valence-corrected chi connectivity index (χ2v) is 7.24. The molecular weight excluding hydrogens is 364 g/mol. The summed E-state index contributed by atoms with van der Waals surface area (Å²) >= 11 is 0. The molecule has 0 aromatic heterocycles. The first-order valence-electron chi connectivity index (χ1n) is 10.1. The van der Waals surface area contributed by atoms with Crippen LogP contribution in [0, 0.1) is 0 Å². The van der Waals surface area contributed by atoms with Crippen molar-refractivity contribution >= 4 is 39.2 Å². The van der Waals surface area contributed by atoms with Gasteiger partial charge in [-0.05, 0) is 71.4 Å². The van der Waals surface area contributed by atoms with Gasteiger partial charge in [0.1, 0.15) is 0 Å². The van der Waals surface area contributed by atoms with Gasteiger partial charge in [-0.1, -0.05) is 66.7 Å². The summed E-state index contributed by atoms with van der Waals surface area (Å²) in [5.41, 5.74) is 5.55. The molecule has 0 unspecified atom stereocenters. The van der Waals surface area contributed by atoms with E-state index in [1.165, 1.54) is 10.8 Å². The van der Waals surface area contributed by atoms with E-state index in [1.807, 2.05) is 18.2 Å². The molecule has 0 aliphatic rings. The molecule has 5 aromatic rings. The average molecular weight is 386 g/mol. The highest BCUT2D eigenvalue weighted by Gasteiger charge is 2.12. The van der Waals surface area contributed by atoms with E-state index in [2.05, 4.69) is 119 Å². The van der Waals surface area contributed by atoms with Crippen molar-refractivity contribution in [3.8, 4) is 0 Å². The van der Waals surface area contributed by atoms with E-state index in [-0.39, 0.29) is 0 Å². The molecule has 0 radical (unpaired) electrons. The quantitative estimate of drug-likeness (QED) is 0.329. The van der Waals surface area contributed by atoms with E-state index in [0.29, 0.717) is 0 Å². The molecule has 0 heterocycles. The SMILES string of the molecule is c1ccc(Nc2ccc(N(c3ccccc3)c3ccc4ccccc4c3)cc2)cc1. The Morgan fingerprint density at radius 1 is 0.400 bits per heavy atom. The van der Waals surface area contributed by atoms with Crippen molar-refractivity contribution in [3.05, 3.63) is 127 Å². The number of hydrogen-bond donors (Lipinski definition) is 1. The van der Waals surface area contributed by atoms with Gasteiger partial charge in [-0.15, -0.1) is 0 Å². The van der Waals surface area contributed by atoms with Crippen LogP contribution in [0.1, 0.15) is 0 Å². The molecule has 30 heavy (non-hydrogen) atoms. The molecule has 2 nitrogen and oxygen atoms in total. The van der Waals surface area contributed by atoms with E-state index >= 15 is 0 Å². The normalized spacial score (nSPS) is 10.7. The zero-order valence-electron chi connectivity index (χ0n) is 16.6. The number of para-hydroxylation sites is 2. The van der Waals surface area contributed by atoms with Crippen LogP contribution in [-0.4, -0.2) is 0 Å². The third-order valence-electron chi connectivity index (χ3n) is 5.19. The van der Waals surface area contributed by atoms with Crippen molar-refractivity contribution in [2.75, 3.05) is 10.2 Å². The first-order chi connectivity index (χ1) is 14.9. The lowest BCUT2D eigenvalue weighted by Crippen LogP contribution is -2.09. The van der Waals surface area contributed by atoms with Gasteiger partial charge in [0, 0.05) is 28.4 Å². The average Bonchev–Trinajstić information content (AvgIpc) is 2.82. The van der Waals surface area contributed by atoms with Gasteiger partial charge in [-0.3, -0.25) is 0 Å². The van der Waals surface area contributed by atoms with E-state index < -0.39 is 0 Å². The summed E-state index contributed by atoms with van der Waals surface area (Å²) in [6.07, 6.45) is 0. The Balaban J connectivity index is 1.53. The molecule has 0 aliphatic carbocycles. The van der Waals surface area contributed by atoms with Crippen LogP contribution in [0.3, 0.4) is 0 Å². The van der Waals surface area contributed by atoms with Crippen LogP contribution in [0.5, 0.6) is 0 Å². The van der Waals surface area contributed by atoms with E-state index in [0.717, 1.165) is 28.4 Å². The smallest absolute Gasteiger partial charge is 0.0468 e. The van der Waals surface area contributed by atoms with Crippen LogP contribution in [0.2, 0.25) is 0 Å². The Morgan fingerprint density at radius 2 is 0.933 bits per heavy atom. The molecule has 144 valence electrons. The van der Waals surface area contributed by atoms with Crippen molar-refractivity contribution in [1.82, 2.24) is 0 Å². The minimum atomic E-state index is 1.07. The summed E-state index contributed by atoms with van der Waals surface area (Å²) in [7, 11) is 0. The van der Waals surface area contributed by atoms with Crippen molar-refractivity contribution in [2.45, 2.75) is 0 Å². The fourth-order valence-corrected chi connectivity index (χ4v) is 3.72. The molecule has 0 saturated carbocycles. The van der Waals surface area contributed by atoms with E-state index in [1.54, 1.807) is 0 Å². The van der Waals surface area contributed by atoms with E-state index in [9.17, 15) is 0 Å². The van der Waals surface area contributed by atoms with Crippen LogP contribution in [0.4, 0.5) is 28.4 Å². The van der Waals surface area contributed by atoms with Crippen molar-refractivity contribution < 1.29 is 0 Å². The first-order valence-corrected chi connectivity index (χ1v) is 10.1. The Morgan fingerprint density at radius 3 is 1.67 bits per heavy atom. The second-order valence-electron chi connectivity index (χ2n) is 7.24. The Kier molecular flexibility index (Phi) is 4.89. The Hall–Kier alpha value is -4.04. The standard InChI is InChI=1S/C28H22N2/c1-3-11-24(12-4-1)29-25-16-19-27(20-17-25)30(26-13-5-2-6-14-26)28-18-15-22-9-7-8-10-23(22)21-28/h1-21,29H. The molecule has 0 fully saturated rings. The highest BCUT2D eigenvalue weighted by Crippen LogP contribution is 2.36. The number of nitrogens with one attached hydrogen (secondary N) is 1. The van der Waals surface area contributed by atoms with Gasteiger partial charge in [-0.2, -0.15) is 0 Å². The van der Waals surface area contributed by atoms with Crippen LogP contribution >= 0.6 is 0 Å². The number of benzene rings is 5. The topological polar surface area (TPSA) is 15.3 Å². The van der Waals surface area contributed by atoms with Crippen LogP contribution in [-0.2, 0) is 0 Å². The molecule has 0 amide bonds. The third kappa shape index (κ3) is 3.76. The first kappa shape index (κ1) is 18.0. The second kappa shape index (κ2) is 8.14. The van der Waals surface area contributed by atoms with Gasteiger partial charge in [0.05, 0.1) is 0 Å². The Labute approximate surface area is 177 Å². The predicted molar refractivity (Wildman–Crippen MR) is 128 cm³/mol. The maximum absolute atomic E-state index is 3.46. The zero-order valence-corrected chi connectivity index (χ0v) is 16.6. The minimum absolute atomic E-state index is 1.07. The summed E-state index contributed by atoms with van der Waals surface area (Å²) in [6.45, 7) is 0. The lowest BCUT2D eigenvalue weighted by Gasteiger charge is -2.26. The molecule has 2 heteroatoms. The van der Waals surface area contributed by atoms with Gasteiger partial charge in [-0.25, -0.2) is 0 Å². The van der Waals surface area contributed by atoms with Gasteiger partial charge < -0.3 is 10.2 Å². The monoisotopic (exact) mass is 386 g/mol. The fourth-order valence-electron chi connectivity index (χ4n) is 3.72. The number of rotatable bonds is 5. The summed E-state index contributed by atoms with van der Waals surface area (Å²) in [6, 6.07) is 44.4. The third-order valence-corrected chi connectivity index (χ3v) is 5.19.